The standard InChI is InChI=1S/C21H27FN2O4.ClH/c1-6-15-17(19(25)27-7-2)16(12-23-14-10-8-9-13(22)11-14)24-18(15)20(26)28-21(3,4)5;/h8-11,23-24H,6-7,12H2,1-5H3;1H. The van der Waals surface area contributed by atoms with Gasteiger partial charge in [0.05, 0.1) is 18.7 Å². The van der Waals surface area contributed by atoms with Gasteiger partial charge in [-0.1, -0.05) is 13.0 Å². The Morgan fingerprint density at radius 1 is 1.17 bits per heavy atom. The minimum Gasteiger partial charge on any atom is -0.462 e. The van der Waals surface area contributed by atoms with E-state index in [0.29, 0.717) is 28.9 Å². The van der Waals surface area contributed by atoms with Gasteiger partial charge >= 0.3 is 11.9 Å². The Morgan fingerprint density at radius 3 is 2.41 bits per heavy atom. The van der Waals surface area contributed by atoms with Crippen molar-refractivity contribution in [1.29, 1.82) is 0 Å². The number of aromatic amines is 1. The number of ether oxygens (including phenoxy) is 2. The molecule has 0 unspecified atom stereocenters. The second-order valence-corrected chi connectivity index (χ2v) is 7.27. The summed E-state index contributed by atoms with van der Waals surface area (Å²) in [7, 11) is 0. The van der Waals surface area contributed by atoms with Crippen molar-refractivity contribution in [2.75, 3.05) is 11.9 Å². The fraction of sp³-hybridized carbons (Fsp3) is 0.429. The lowest BCUT2D eigenvalue weighted by atomic mass is 10.1. The molecule has 0 saturated carbocycles. The van der Waals surface area contributed by atoms with Crippen molar-refractivity contribution >= 4 is 30.0 Å². The molecule has 2 N–H and O–H groups in total. The summed E-state index contributed by atoms with van der Waals surface area (Å²) in [6.45, 7) is 9.30. The van der Waals surface area contributed by atoms with Gasteiger partial charge in [-0.2, -0.15) is 0 Å². The molecule has 0 radical (unpaired) electrons. The van der Waals surface area contributed by atoms with Crippen molar-refractivity contribution in [2.24, 2.45) is 0 Å². The van der Waals surface area contributed by atoms with E-state index in [1.807, 2.05) is 6.92 Å². The second-order valence-electron chi connectivity index (χ2n) is 7.27. The SMILES string of the molecule is CCOC(=O)c1c(CNc2cccc(F)c2)[nH]c(C(=O)OC(C)(C)C)c1CC.Cl. The Labute approximate surface area is 176 Å². The van der Waals surface area contributed by atoms with Gasteiger partial charge in [0.2, 0.25) is 0 Å². The molecule has 0 aliphatic carbocycles. The van der Waals surface area contributed by atoms with Gasteiger partial charge in [-0.15, -0.1) is 12.4 Å². The van der Waals surface area contributed by atoms with E-state index in [9.17, 15) is 14.0 Å². The summed E-state index contributed by atoms with van der Waals surface area (Å²) in [6, 6.07) is 6.00. The largest absolute Gasteiger partial charge is 0.462 e. The molecule has 1 aromatic carbocycles. The Balaban J connectivity index is 0.00000420. The lowest BCUT2D eigenvalue weighted by Crippen LogP contribution is -2.24. The first-order valence-electron chi connectivity index (χ1n) is 9.29. The molecule has 0 bridgehead atoms. The van der Waals surface area contributed by atoms with Crippen LogP contribution in [0.5, 0.6) is 0 Å². The zero-order chi connectivity index (χ0) is 20.9. The third-order valence-corrected chi connectivity index (χ3v) is 3.91. The lowest BCUT2D eigenvalue weighted by Gasteiger charge is -2.19. The van der Waals surface area contributed by atoms with Crippen molar-refractivity contribution < 1.29 is 23.5 Å². The van der Waals surface area contributed by atoms with Gasteiger partial charge < -0.3 is 19.8 Å². The van der Waals surface area contributed by atoms with Crippen molar-refractivity contribution in [3.63, 3.8) is 0 Å². The van der Waals surface area contributed by atoms with Crippen LogP contribution in [0.3, 0.4) is 0 Å². The number of hydrogen-bond acceptors (Lipinski definition) is 5. The third-order valence-electron chi connectivity index (χ3n) is 3.91. The molecule has 0 atom stereocenters. The summed E-state index contributed by atoms with van der Waals surface area (Å²) in [5.41, 5.74) is 1.47. The van der Waals surface area contributed by atoms with Crippen molar-refractivity contribution in [3.8, 4) is 0 Å². The number of benzene rings is 1. The normalized spacial score (nSPS) is 10.8. The van der Waals surface area contributed by atoms with Gasteiger partial charge in [-0.3, -0.25) is 0 Å². The number of anilines is 1. The lowest BCUT2D eigenvalue weighted by molar-refractivity contribution is 0.00622. The molecule has 1 aromatic heterocycles. The summed E-state index contributed by atoms with van der Waals surface area (Å²) in [4.78, 5) is 28.2. The molecule has 0 spiro atoms. The van der Waals surface area contributed by atoms with Gasteiger partial charge in [-0.05, 0) is 57.9 Å². The third kappa shape index (κ3) is 6.49. The van der Waals surface area contributed by atoms with Crippen LogP contribution in [-0.2, 0) is 22.4 Å². The molecule has 0 aliphatic heterocycles. The molecule has 6 nitrogen and oxygen atoms in total. The van der Waals surface area contributed by atoms with Crippen molar-refractivity contribution in [2.45, 2.75) is 53.2 Å². The maximum atomic E-state index is 13.4. The van der Waals surface area contributed by atoms with E-state index in [0.717, 1.165) is 0 Å². The fourth-order valence-corrected chi connectivity index (χ4v) is 2.82. The molecule has 2 aromatic rings. The molecule has 0 aliphatic rings. The topological polar surface area (TPSA) is 80.4 Å². The minimum atomic E-state index is -0.669. The first-order chi connectivity index (χ1) is 13.2. The van der Waals surface area contributed by atoms with E-state index in [4.69, 9.17) is 9.47 Å². The van der Waals surface area contributed by atoms with Crippen LogP contribution in [-0.4, -0.2) is 29.1 Å². The summed E-state index contributed by atoms with van der Waals surface area (Å²) in [5.74, 6) is -1.42. The van der Waals surface area contributed by atoms with Crippen LogP contribution in [0.4, 0.5) is 10.1 Å². The molecule has 29 heavy (non-hydrogen) atoms. The maximum absolute atomic E-state index is 13.4. The summed E-state index contributed by atoms with van der Waals surface area (Å²) in [6.07, 6.45) is 0.444. The molecule has 0 amide bonds. The van der Waals surface area contributed by atoms with Gasteiger partial charge in [-0.25, -0.2) is 14.0 Å². The Kier molecular flexibility index (Phi) is 8.70. The van der Waals surface area contributed by atoms with Crippen LogP contribution in [0.15, 0.2) is 24.3 Å². The molecular formula is C21H28ClFN2O4. The number of aromatic nitrogens is 1. The first kappa shape index (κ1) is 24.5. The highest BCUT2D eigenvalue weighted by atomic mass is 35.5. The fourth-order valence-electron chi connectivity index (χ4n) is 2.82. The van der Waals surface area contributed by atoms with E-state index in [2.05, 4.69) is 10.3 Å². The maximum Gasteiger partial charge on any atom is 0.355 e. The predicted molar refractivity (Wildman–Crippen MR) is 112 cm³/mol. The highest BCUT2D eigenvalue weighted by Crippen LogP contribution is 2.25. The van der Waals surface area contributed by atoms with Gasteiger partial charge in [0.15, 0.2) is 0 Å². The zero-order valence-corrected chi connectivity index (χ0v) is 18.2. The molecule has 0 saturated heterocycles. The predicted octanol–water partition coefficient (Wildman–Crippen LogP) is 4.88. The van der Waals surface area contributed by atoms with Gasteiger partial charge in [0.1, 0.15) is 17.1 Å². The monoisotopic (exact) mass is 426 g/mol. The van der Waals surface area contributed by atoms with Crippen LogP contribution in [0, 0.1) is 5.82 Å². The van der Waals surface area contributed by atoms with E-state index >= 15 is 0 Å². The number of nitrogens with one attached hydrogen (secondary N) is 2. The molecule has 1 heterocycles. The highest BCUT2D eigenvalue weighted by Gasteiger charge is 2.29. The number of esters is 2. The zero-order valence-electron chi connectivity index (χ0n) is 17.3. The van der Waals surface area contributed by atoms with Crippen molar-refractivity contribution in [3.05, 3.63) is 52.6 Å². The average Bonchev–Trinajstić information content (AvgIpc) is 2.97. The van der Waals surface area contributed by atoms with Gasteiger partial charge in [0.25, 0.3) is 0 Å². The van der Waals surface area contributed by atoms with Crippen LogP contribution in [0.1, 0.15) is 66.7 Å². The van der Waals surface area contributed by atoms with Gasteiger partial charge in [0, 0.05) is 11.4 Å². The number of rotatable bonds is 7. The quantitative estimate of drug-likeness (QED) is 0.616. The van der Waals surface area contributed by atoms with E-state index < -0.39 is 17.5 Å². The summed E-state index contributed by atoms with van der Waals surface area (Å²) >= 11 is 0. The smallest absolute Gasteiger partial charge is 0.355 e. The van der Waals surface area contributed by atoms with Crippen molar-refractivity contribution in [1.82, 2.24) is 4.98 Å². The number of carbonyl (C=O) groups is 2. The second kappa shape index (κ2) is 10.3. The van der Waals surface area contributed by atoms with E-state index in [1.54, 1.807) is 39.8 Å². The molecular weight excluding hydrogens is 399 g/mol. The van der Waals surface area contributed by atoms with Crippen LogP contribution >= 0.6 is 12.4 Å². The average molecular weight is 427 g/mol. The number of hydrogen-bond donors (Lipinski definition) is 2. The Morgan fingerprint density at radius 2 is 1.86 bits per heavy atom. The summed E-state index contributed by atoms with van der Waals surface area (Å²) < 4.78 is 24.0. The van der Waals surface area contributed by atoms with Crippen LogP contribution in [0.2, 0.25) is 0 Å². The number of H-pyrrole nitrogens is 1. The summed E-state index contributed by atoms with van der Waals surface area (Å²) in [5, 5.41) is 3.06. The Bertz CT molecular complexity index is 859. The molecule has 0 fully saturated rings. The first-order valence-corrected chi connectivity index (χ1v) is 9.29. The van der Waals surface area contributed by atoms with Crippen LogP contribution < -0.4 is 5.32 Å². The number of carbonyl (C=O) groups excluding carboxylic acids is 2. The number of halogens is 2. The molecule has 2 rings (SSSR count). The Hall–Kier alpha value is -2.54. The van der Waals surface area contributed by atoms with Crippen LogP contribution in [0.25, 0.3) is 0 Å². The molecule has 160 valence electrons. The van der Waals surface area contributed by atoms with E-state index in [1.165, 1.54) is 12.1 Å². The highest BCUT2D eigenvalue weighted by molar-refractivity contribution is 5.99. The minimum absolute atomic E-state index is 0. The molecule has 8 heteroatoms. The van der Waals surface area contributed by atoms with E-state index in [-0.39, 0.29) is 37.1 Å².